The third-order valence-electron chi connectivity index (χ3n) is 6.76. The maximum atomic E-state index is 13.2. The quantitative estimate of drug-likeness (QED) is 0.234. The van der Waals surface area contributed by atoms with Gasteiger partial charge in [0.15, 0.2) is 0 Å². The molecule has 0 radical (unpaired) electrons. The third kappa shape index (κ3) is 5.89. The Morgan fingerprint density at radius 1 is 0.947 bits per heavy atom. The Bertz CT molecular complexity index is 1310. The van der Waals surface area contributed by atoms with E-state index in [4.69, 9.17) is 9.47 Å². The molecule has 198 valence electrons. The lowest BCUT2D eigenvalue weighted by Crippen LogP contribution is -2.32. The highest BCUT2D eigenvalue weighted by Gasteiger charge is 2.45. The standard InChI is InChI=1S/C31H34N2O5/c1-21-8-5-6-9-24(21)20-38-26-16-12-23(13-17-26)29(34)27-28(22-10-14-25(37-4)15-11-22)33(31(36)30(27)35)19-7-18-32(2)3/h5-6,8-17,28,34H,7,18-20H2,1-4H3. The maximum Gasteiger partial charge on any atom is 0.295 e. The molecule has 1 aliphatic heterocycles. The lowest BCUT2D eigenvalue weighted by Gasteiger charge is -2.26. The smallest absolute Gasteiger partial charge is 0.295 e. The van der Waals surface area contributed by atoms with E-state index in [-0.39, 0.29) is 11.3 Å². The zero-order chi connectivity index (χ0) is 27.2. The summed E-state index contributed by atoms with van der Waals surface area (Å²) in [6.45, 7) is 3.62. The minimum absolute atomic E-state index is 0.0820. The first kappa shape index (κ1) is 26.9. The van der Waals surface area contributed by atoms with Crippen molar-refractivity contribution < 1.29 is 24.2 Å². The zero-order valence-electron chi connectivity index (χ0n) is 22.3. The number of amides is 1. The van der Waals surface area contributed by atoms with Crippen LogP contribution in [0.2, 0.25) is 0 Å². The Hall–Kier alpha value is -4.10. The highest BCUT2D eigenvalue weighted by Crippen LogP contribution is 2.40. The van der Waals surface area contributed by atoms with E-state index in [2.05, 4.69) is 0 Å². The van der Waals surface area contributed by atoms with Crippen molar-refractivity contribution >= 4 is 17.4 Å². The molecule has 1 fully saturated rings. The first-order valence-electron chi connectivity index (χ1n) is 12.6. The number of carbonyl (C=O) groups is 2. The molecule has 1 amide bonds. The molecule has 0 spiro atoms. The van der Waals surface area contributed by atoms with Gasteiger partial charge in [-0.1, -0.05) is 36.4 Å². The number of hydrogen-bond donors (Lipinski definition) is 1. The van der Waals surface area contributed by atoms with Crippen molar-refractivity contribution in [3.05, 3.63) is 101 Å². The Morgan fingerprint density at radius 3 is 2.24 bits per heavy atom. The van der Waals surface area contributed by atoms with E-state index >= 15 is 0 Å². The average molecular weight is 515 g/mol. The van der Waals surface area contributed by atoms with Crippen LogP contribution < -0.4 is 9.47 Å². The van der Waals surface area contributed by atoms with Gasteiger partial charge in [-0.3, -0.25) is 9.59 Å². The molecule has 0 bridgehead atoms. The van der Waals surface area contributed by atoms with Gasteiger partial charge in [0.2, 0.25) is 0 Å². The molecule has 0 aromatic heterocycles. The number of methoxy groups -OCH3 is 1. The van der Waals surface area contributed by atoms with Crippen molar-refractivity contribution in [3.63, 3.8) is 0 Å². The number of Topliss-reactive ketones (excluding diaryl/α,β-unsaturated/α-hetero) is 1. The van der Waals surface area contributed by atoms with Gasteiger partial charge in [-0.05, 0) is 87.1 Å². The van der Waals surface area contributed by atoms with Gasteiger partial charge in [0.25, 0.3) is 11.7 Å². The Balaban J connectivity index is 1.63. The number of hydrogen-bond acceptors (Lipinski definition) is 6. The van der Waals surface area contributed by atoms with Crippen LogP contribution in [-0.2, 0) is 16.2 Å². The SMILES string of the molecule is COc1ccc(C2C(=C(O)c3ccc(OCc4ccccc4C)cc3)C(=O)C(=O)N2CCCN(C)C)cc1. The molecule has 7 nitrogen and oxygen atoms in total. The molecule has 7 heteroatoms. The van der Waals surface area contributed by atoms with E-state index in [1.807, 2.05) is 62.3 Å². The molecular weight excluding hydrogens is 480 g/mol. The normalized spacial score (nSPS) is 16.8. The van der Waals surface area contributed by atoms with Gasteiger partial charge in [-0.2, -0.15) is 0 Å². The Labute approximate surface area is 223 Å². The lowest BCUT2D eigenvalue weighted by molar-refractivity contribution is -0.139. The fraction of sp³-hybridized carbons (Fsp3) is 0.290. The summed E-state index contributed by atoms with van der Waals surface area (Å²) >= 11 is 0. The van der Waals surface area contributed by atoms with Gasteiger partial charge in [0.1, 0.15) is 23.9 Å². The number of rotatable bonds is 10. The Kier molecular flexibility index (Phi) is 8.48. The van der Waals surface area contributed by atoms with Crippen molar-refractivity contribution in [2.45, 2.75) is 26.0 Å². The number of likely N-dealkylation sites (tertiary alicyclic amines) is 1. The lowest BCUT2D eigenvalue weighted by atomic mass is 9.95. The van der Waals surface area contributed by atoms with Crippen LogP contribution in [-0.4, -0.2) is 60.9 Å². The molecule has 0 aliphatic carbocycles. The summed E-state index contributed by atoms with van der Waals surface area (Å²) in [4.78, 5) is 29.9. The highest BCUT2D eigenvalue weighted by atomic mass is 16.5. The van der Waals surface area contributed by atoms with Crippen molar-refractivity contribution in [2.75, 3.05) is 34.3 Å². The average Bonchev–Trinajstić information content (AvgIpc) is 3.17. The number of ketones is 1. The molecular formula is C31H34N2O5. The summed E-state index contributed by atoms with van der Waals surface area (Å²) in [5.41, 5.74) is 3.50. The molecule has 1 saturated heterocycles. The molecule has 1 unspecified atom stereocenters. The molecule has 4 rings (SSSR count). The van der Waals surface area contributed by atoms with Crippen LogP contribution in [0.15, 0.2) is 78.4 Å². The van der Waals surface area contributed by atoms with Gasteiger partial charge >= 0.3 is 0 Å². The number of nitrogens with zero attached hydrogens (tertiary/aromatic N) is 2. The largest absolute Gasteiger partial charge is 0.507 e. The summed E-state index contributed by atoms with van der Waals surface area (Å²) in [6.07, 6.45) is 0.694. The number of carbonyl (C=O) groups excluding carboxylic acids is 2. The summed E-state index contributed by atoms with van der Waals surface area (Å²) in [5.74, 6) is -0.192. The second-order valence-electron chi connectivity index (χ2n) is 9.66. The van der Waals surface area contributed by atoms with Gasteiger partial charge in [0.05, 0.1) is 18.7 Å². The topological polar surface area (TPSA) is 79.3 Å². The fourth-order valence-electron chi connectivity index (χ4n) is 4.60. The zero-order valence-corrected chi connectivity index (χ0v) is 22.3. The molecule has 3 aromatic rings. The second-order valence-corrected chi connectivity index (χ2v) is 9.66. The number of benzene rings is 3. The molecule has 3 aromatic carbocycles. The van der Waals surface area contributed by atoms with Crippen molar-refractivity contribution in [3.8, 4) is 11.5 Å². The molecule has 1 heterocycles. The molecule has 1 aliphatic rings. The van der Waals surface area contributed by atoms with Crippen LogP contribution >= 0.6 is 0 Å². The minimum Gasteiger partial charge on any atom is -0.507 e. The summed E-state index contributed by atoms with van der Waals surface area (Å²) in [5, 5.41) is 11.3. The van der Waals surface area contributed by atoms with Crippen molar-refractivity contribution in [2.24, 2.45) is 0 Å². The van der Waals surface area contributed by atoms with Crippen molar-refractivity contribution in [1.82, 2.24) is 9.80 Å². The number of aryl methyl sites for hydroxylation is 1. The predicted octanol–water partition coefficient (Wildman–Crippen LogP) is 4.96. The third-order valence-corrected chi connectivity index (χ3v) is 6.76. The molecule has 1 atom stereocenters. The summed E-state index contributed by atoms with van der Waals surface area (Å²) in [6, 6.07) is 21.5. The number of aliphatic hydroxyl groups excluding tert-OH is 1. The van der Waals surface area contributed by atoms with Crippen LogP contribution in [0.4, 0.5) is 0 Å². The van der Waals surface area contributed by atoms with Gasteiger partial charge in [-0.15, -0.1) is 0 Å². The molecule has 0 saturated carbocycles. The Morgan fingerprint density at radius 2 is 1.61 bits per heavy atom. The van der Waals surface area contributed by atoms with E-state index in [1.165, 1.54) is 0 Å². The van der Waals surface area contributed by atoms with Gasteiger partial charge in [0, 0.05) is 12.1 Å². The van der Waals surface area contributed by atoms with E-state index in [1.54, 1.807) is 48.4 Å². The molecule has 1 N–H and O–H groups in total. The van der Waals surface area contributed by atoms with Crippen LogP contribution in [0.5, 0.6) is 11.5 Å². The number of aliphatic hydroxyl groups is 1. The highest BCUT2D eigenvalue weighted by molar-refractivity contribution is 6.46. The van der Waals surface area contributed by atoms with Crippen LogP contribution in [0.3, 0.4) is 0 Å². The van der Waals surface area contributed by atoms with Gasteiger partial charge < -0.3 is 24.4 Å². The predicted molar refractivity (Wildman–Crippen MR) is 147 cm³/mol. The summed E-state index contributed by atoms with van der Waals surface area (Å²) in [7, 11) is 5.50. The van der Waals surface area contributed by atoms with E-state index in [0.29, 0.717) is 36.6 Å². The summed E-state index contributed by atoms with van der Waals surface area (Å²) < 4.78 is 11.2. The minimum atomic E-state index is -0.694. The van der Waals surface area contributed by atoms with Crippen LogP contribution in [0.1, 0.15) is 34.7 Å². The number of ether oxygens (including phenoxy) is 2. The monoisotopic (exact) mass is 514 g/mol. The fourth-order valence-corrected chi connectivity index (χ4v) is 4.60. The second kappa shape index (κ2) is 12.0. The first-order chi connectivity index (χ1) is 18.3. The van der Waals surface area contributed by atoms with Crippen molar-refractivity contribution in [1.29, 1.82) is 0 Å². The van der Waals surface area contributed by atoms with Gasteiger partial charge in [-0.25, -0.2) is 0 Å². The molecule has 38 heavy (non-hydrogen) atoms. The maximum absolute atomic E-state index is 13.2. The van der Waals surface area contributed by atoms with Crippen LogP contribution in [0, 0.1) is 6.92 Å². The van der Waals surface area contributed by atoms with E-state index < -0.39 is 17.7 Å². The van der Waals surface area contributed by atoms with E-state index in [9.17, 15) is 14.7 Å². The van der Waals surface area contributed by atoms with E-state index in [0.717, 1.165) is 23.2 Å². The van der Waals surface area contributed by atoms with Crippen LogP contribution in [0.25, 0.3) is 5.76 Å². The first-order valence-corrected chi connectivity index (χ1v) is 12.6.